The SMILES string of the molecule is Nc1ccc(C(F)(F)CC(=O)O)cc1. The van der Waals surface area contributed by atoms with E-state index in [-0.39, 0.29) is 5.56 Å². The summed E-state index contributed by atoms with van der Waals surface area (Å²) in [6, 6.07) is 4.87. The van der Waals surface area contributed by atoms with Crippen molar-refractivity contribution in [2.75, 3.05) is 5.73 Å². The number of rotatable bonds is 3. The summed E-state index contributed by atoms with van der Waals surface area (Å²) < 4.78 is 26.2. The zero-order valence-corrected chi connectivity index (χ0v) is 7.21. The maximum Gasteiger partial charge on any atom is 0.309 e. The zero-order valence-electron chi connectivity index (χ0n) is 7.21. The first-order valence-electron chi connectivity index (χ1n) is 3.87. The number of aliphatic carboxylic acids is 1. The molecule has 0 heterocycles. The van der Waals surface area contributed by atoms with E-state index in [1.54, 1.807) is 0 Å². The molecule has 3 N–H and O–H groups in total. The van der Waals surface area contributed by atoms with Gasteiger partial charge in [-0.2, -0.15) is 0 Å². The van der Waals surface area contributed by atoms with Crippen molar-refractivity contribution in [1.29, 1.82) is 0 Å². The van der Waals surface area contributed by atoms with E-state index in [2.05, 4.69) is 0 Å². The predicted molar refractivity (Wildman–Crippen MR) is 47.0 cm³/mol. The van der Waals surface area contributed by atoms with Gasteiger partial charge in [0.1, 0.15) is 6.42 Å². The highest BCUT2D eigenvalue weighted by Crippen LogP contribution is 2.31. The Hall–Kier alpha value is -1.65. The molecule has 1 aromatic carbocycles. The number of halogens is 2. The number of nitrogen functional groups attached to an aromatic ring is 1. The third kappa shape index (κ3) is 2.42. The van der Waals surface area contributed by atoms with Crippen LogP contribution in [0.2, 0.25) is 0 Å². The number of anilines is 1. The van der Waals surface area contributed by atoms with Crippen LogP contribution >= 0.6 is 0 Å². The fourth-order valence-corrected chi connectivity index (χ4v) is 1.02. The van der Waals surface area contributed by atoms with E-state index >= 15 is 0 Å². The van der Waals surface area contributed by atoms with Crippen molar-refractivity contribution in [1.82, 2.24) is 0 Å². The highest BCUT2D eigenvalue weighted by molar-refractivity contribution is 5.68. The van der Waals surface area contributed by atoms with E-state index in [0.29, 0.717) is 5.69 Å². The van der Waals surface area contributed by atoms with Gasteiger partial charge >= 0.3 is 5.97 Å². The molecule has 3 nitrogen and oxygen atoms in total. The summed E-state index contributed by atoms with van der Waals surface area (Å²) in [5, 5.41) is 8.26. The quantitative estimate of drug-likeness (QED) is 0.733. The number of nitrogens with two attached hydrogens (primary N) is 1. The van der Waals surface area contributed by atoms with Crippen LogP contribution in [-0.2, 0) is 10.7 Å². The Bertz CT molecular complexity index is 335. The lowest BCUT2D eigenvalue weighted by molar-refractivity contribution is -0.145. The summed E-state index contributed by atoms with van der Waals surface area (Å²) in [4.78, 5) is 10.2. The summed E-state index contributed by atoms with van der Waals surface area (Å²) >= 11 is 0. The Kier molecular flexibility index (Phi) is 2.69. The van der Waals surface area contributed by atoms with Crippen LogP contribution in [0.1, 0.15) is 12.0 Å². The van der Waals surface area contributed by atoms with Gasteiger partial charge < -0.3 is 10.8 Å². The van der Waals surface area contributed by atoms with Crippen molar-refractivity contribution in [3.63, 3.8) is 0 Å². The van der Waals surface area contributed by atoms with Crippen molar-refractivity contribution in [3.05, 3.63) is 29.8 Å². The molecule has 0 saturated carbocycles. The highest BCUT2D eigenvalue weighted by Gasteiger charge is 2.34. The Labute approximate surface area is 79.2 Å². The molecule has 5 heteroatoms. The second-order valence-electron chi connectivity index (χ2n) is 2.90. The molecule has 0 aromatic heterocycles. The normalized spacial score (nSPS) is 11.3. The van der Waals surface area contributed by atoms with Crippen molar-refractivity contribution in [2.45, 2.75) is 12.3 Å². The lowest BCUT2D eigenvalue weighted by atomic mass is 10.1. The number of benzene rings is 1. The second-order valence-corrected chi connectivity index (χ2v) is 2.90. The van der Waals surface area contributed by atoms with Gasteiger partial charge in [-0.05, 0) is 12.1 Å². The number of hydrogen-bond donors (Lipinski definition) is 2. The van der Waals surface area contributed by atoms with Crippen molar-refractivity contribution >= 4 is 11.7 Å². The second kappa shape index (κ2) is 3.61. The van der Waals surface area contributed by atoms with Crippen molar-refractivity contribution in [2.24, 2.45) is 0 Å². The molecule has 0 aliphatic rings. The van der Waals surface area contributed by atoms with Crippen LogP contribution in [0, 0.1) is 0 Å². The molecule has 1 aromatic rings. The largest absolute Gasteiger partial charge is 0.481 e. The number of carboxylic acid groups (broad SMARTS) is 1. The number of carboxylic acids is 1. The summed E-state index contributed by atoms with van der Waals surface area (Å²) in [6.45, 7) is 0. The van der Waals surface area contributed by atoms with Gasteiger partial charge in [0.05, 0.1) is 0 Å². The fourth-order valence-electron chi connectivity index (χ4n) is 1.02. The lowest BCUT2D eigenvalue weighted by Gasteiger charge is -2.14. The molecule has 1 rings (SSSR count). The molecule has 0 amide bonds. The Balaban J connectivity index is 2.91. The Morgan fingerprint density at radius 3 is 2.29 bits per heavy atom. The predicted octanol–water partition coefficient (Wildman–Crippen LogP) is 1.84. The van der Waals surface area contributed by atoms with Crippen molar-refractivity contribution < 1.29 is 18.7 Å². The molecule has 0 bridgehead atoms. The smallest absolute Gasteiger partial charge is 0.309 e. The van der Waals surface area contributed by atoms with Crippen LogP contribution in [0.25, 0.3) is 0 Å². The van der Waals surface area contributed by atoms with Crippen LogP contribution in [0.4, 0.5) is 14.5 Å². The van der Waals surface area contributed by atoms with Gasteiger partial charge in [0.25, 0.3) is 5.92 Å². The molecule has 0 aliphatic heterocycles. The average molecular weight is 201 g/mol. The molecule has 0 spiro atoms. The molecule has 0 aliphatic carbocycles. The Morgan fingerprint density at radius 2 is 1.86 bits per heavy atom. The molecule has 0 unspecified atom stereocenters. The first-order valence-corrected chi connectivity index (χ1v) is 3.87. The van der Waals surface area contributed by atoms with Crippen molar-refractivity contribution in [3.8, 4) is 0 Å². The van der Waals surface area contributed by atoms with Gasteiger partial charge in [-0.1, -0.05) is 12.1 Å². The van der Waals surface area contributed by atoms with E-state index < -0.39 is 18.3 Å². The minimum absolute atomic E-state index is 0.339. The standard InChI is InChI=1S/C9H9F2NO2/c10-9(11,5-8(13)14)6-1-3-7(12)4-2-6/h1-4H,5,12H2,(H,13,14). The first kappa shape index (κ1) is 10.4. The number of carbonyl (C=O) groups is 1. The molecule has 0 radical (unpaired) electrons. The summed E-state index contributed by atoms with van der Waals surface area (Å²) in [5.74, 6) is -4.88. The summed E-state index contributed by atoms with van der Waals surface area (Å²) in [7, 11) is 0. The van der Waals surface area contributed by atoms with Gasteiger partial charge in [-0.3, -0.25) is 4.79 Å². The summed E-state index contributed by atoms with van der Waals surface area (Å²) in [6.07, 6.45) is -1.21. The molecule has 14 heavy (non-hydrogen) atoms. The van der Waals surface area contributed by atoms with E-state index in [1.165, 1.54) is 12.1 Å². The van der Waals surface area contributed by atoms with Gasteiger partial charge in [-0.25, -0.2) is 8.78 Å². The van der Waals surface area contributed by atoms with Crippen LogP contribution in [0.5, 0.6) is 0 Å². The van der Waals surface area contributed by atoms with Gasteiger partial charge in [-0.15, -0.1) is 0 Å². The van der Waals surface area contributed by atoms with E-state index in [1.807, 2.05) is 0 Å². The molecule has 0 fully saturated rings. The van der Waals surface area contributed by atoms with Gasteiger partial charge in [0, 0.05) is 11.3 Å². The first-order chi connectivity index (χ1) is 6.42. The summed E-state index contributed by atoms with van der Waals surface area (Å²) in [5.41, 5.74) is 5.33. The molecular formula is C9H9F2NO2. The van der Waals surface area contributed by atoms with E-state index in [4.69, 9.17) is 10.8 Å². The molecule has 76 valence electrons. The molecule has 0 saturated heterocycles. The monoisotopic (exact) mass is 201 g/mol. The van der Waals surface area contributed by atoms with Crippen LogP contribution in [-0.4, -0.2) is 11.1 Å². The fraction of sp³-hybridized carbons (Fsp3) is 0.222. The average Bonchev–Trinajstić information content (AvgIpc) is 2.02. The third-order valence-corrected chi connectivity index (χ3v) is 1.71. The Morgan fingerprint density at radius 1 is 1.36 bits per heavy atom. The third-order valence-electron chi connectivity index (χ3n) is 1.71. The van der Waals surface area contributed by atoms with Gasteiger partial charge in [0.2, 0.25) is 0 Å². The lowest BCUT2D eigenvalue weighted by Crippen LogP contribution is -2.18. The van der Waals surface area contributed by atoms with E-state index in [0.717, 1.165) is 12.1 Å². The zero-order chi connectivity index (χ0) is 10.8. The van der Waals surface area contributed by atoms with Crippen LogP contribution in [0.15, 0.2) is 24.3 Å². The molecule has 0 atom stereocenters. The maximum absolute atomic E-state index is 13.1. The van der Waals surface area contributed by atoms with Crippen LogP contribution in [0.3, 0.4) is 0 Å². The highest BCUT2D eigenvalue weighted by atomic mass is 19.3. The number of hydrogen-bond acceptors (Lipinski definition) is 2. The topological polar surface area (TPSA) is 63.3 Å². The minimum Gasteiger partial charge on any atom is -0.481 e. The van der Waals surface area contributed by atoms with Gasteiger partial charge in [0.15, 0.2) is 0 Å². The van der Waals surface area contributed by atoms with Crippen LogP contribution < -0.4 is 5.73 Å². The number of alkyl halides is 2. The van der Waals surface area contributed by atoms with E-state index in [9.17, 15) is 13.6 Å². The molecular weight excluding hydrogens is 192 g/mol. The minimum atomic E-state index is -3.35. The maximum atomic E-state index is 13.1.